The van der Waals surface area contributed by atoms with E-state index in [0.717, 1.165) is 11.0 Å². The van der Waals surface area contributed by atoms with Gasteiger partial charge < -0.3 is 20.7 Å². The molecule has 0 amide bonds. The van der Waals surface area contributed by atoms with Crippen molar-refractivity contribution in [2.45, 2.75) is 24.5 Å². The second-order valence-corrected chi connectivity index (χ2v) is 6.41. The summed E-state index contributed by atoms with van der Waals surface area (Å²) < 4.78 is 32.6. The molecule has 1 aliphatic heterocycles. The van der Waals surface area contributed by atoms with Crippen LogP contribution in [0.1, 0.15) is 11.9 Å². The Labute approximate surface area is 140 Å². The van der Waals surface area contributed by atoms with Gasteiger partial charge in [0.05, 0.1) is 12.0 Å². The number of nitrogen functional groups attached to an aromatic ring is 1. The van der Waals surface area contributed by atoms with E-state index in [1.54, 1.807) is 0 Å². The van der Waals surface area contributed by atoms with Gasteiger partial charge in [-0.25, -0.2) is 19.8 Å². The molecule has 0 unspecified atom stereocenters. The highest BCUT2D eigenvalue weighted by Gasteiger charge is 2.45. The van der Waals surface area contributed by atoms with Crippen molar-refractivity contribution >= 4 is 27.2 Å². The Morgan fingerprint density at radius 3 is 2.76 bits per heavy atom. The normalized spacial score (nSPS) is 26.8. The van der Waals surface area contributed by atoms with Crippen LogP contribution < -0.4 is 10.9 Å². The topological polar surface area (TPSA) is 212 Å². The standard InChI is InChI=1S/C11H13N7O6S/c12-1-4-6-9(13)15-3-16-10(6)18(17-4)11-8(20)7(19)5(24-11)2-23-25(14,21)22/h3,5,7-8,11,19-20H,2H2,(H2,13,15,16)(H2,14,21,22)/t5-,7-,8-,11-/m1/s1. The second-order valence-electron chi connectivity index (χ2n) is 5.19. The molecule has 0 aromatic carbocycles. The monoisotopic (exact) mass is 371 g/mol. The molecule has 14 heteroatoms. The molecule has 0 radical (unpaired) electrons. The Morgan fingerprint density at radius 1 is 1.40 bits per heavy atom. The summed E-state index contributed by atoms with van der Waals surface area (Å²) in [6.45, 7) is -0.616. The summed E-state index contributed by atoms with van der Waals surface area (Å²) in [6.07, 6.45) is -4.32. The predicted octanol–water partition coefficient (Wildman–Crippen LogP) is -2.88. The maximum absolute atomic E-state index is 10.9. The maximum atomic E-state index is 10.9. The summed E-state index contributed by atoms with van der Waals surface area (Å²) in [5, 5.41) is 38.2. The maximum Gasteiger partial charge on any atom is 0.333 e. The van der Waals surface area contributed by atoms with Gasteiger partial charge in [0.1, 0.15) is 36.5 Å². The third kappa shape index (κ3) is 3.11. The summed E-state index contributed by atoms with van der Waals surface area (Å²) in [5.74, 6) is 0.00921. The highest BCUT2D eigenvalue weighted by Crippen LogP contribution is 2.33. The Bertz CT molecular complexity index is 954. The smallest absolute Gasteiger partial charge is 0.333 e. The van der Waals surface area contributed by atoms with E-state index < -0.39 is 41.5 Å². The highest BCUT2D eigenvalue weighted by atomic mass is 32.2. The van der Waals surface area contributed by atoms with Gasteiger partial charge in [0.25, 0.3) is 0 Å². The average Bonchev–Trinajstić information content (AvgIpc) is 3.05. The lowest BCUT2D eigenvalue weighted by molar-refractivity contribution is -0.0527. The molecule has 134 valence electrons. The van der Waals surface area contributed by atoms with E-state index in [2.05, 4.69) is 19.2 Å². The minimum atomic E-state index is -4.25. The molecular formula is C11H13N7O6S. The lowest BCUT2D eigenvalue weighted by Gasteiger charge is -2.15. The molecule has 2 aromatic heterocycles. The molecule has 6 N–H and O–H groups in total. The Balaban J connectivity index is 1.96. The Hall–Kier alpha value is -2.41. The first-order valence-electron chi connectivity index (χ1n) is 6.80. The van der Waals surface area contributed by atoms with Gasteiger partial charge in [-0.2, -0.15) is 18.8 Å². The van der Waals surface area contributed by atoms with E-state index in [1.807, 2.05) is 6.07 Å². The van der Waals surface area contributed by atoms with Crippen LogP contribution in [-0.2, 0) is 19.2 Å². The van der Waals surface area contributed by atoms with E-state index in [1.165, 1.54) is 0 Å². The fourth-order valence-corrected chi connectivity index (χ4v) is 2.81. The first kappa shape index (κ1) is 17.4. The van der Waals surface area contributed by atoms with Crippen molar-refractivity contribution in [1.82, 2.24) is 19.7 Å². The SMILES string of the molecule is N#Cc1nn([C@@H]2O[C@H](COS(N)(=O)=O)[C@@H](O)[C@H]2O)c2ncnc(N)c12. The van der Waals surface area contributed by atoms with Crippen molar-refractivity contribution < 1.29 is 27.6 Å². The first-order chi connectivity index (χ1) is 11.7. The molecule has 3 heterocycles. The van der Waals surface area contributed by atoms with Gasteiger partial charge in [0, 0.05) is 0 Å². The van der Waals surface area contributed by atoms with Gasteiger partial charge in [0.2, 0.25) is 0 Å². The quantitative estimate of drug-likeness (QED) is 0.428. The average molecular weight is 371 g/mol. The van der Waals surface area contributed by atoms with Crippen LogP contribution in [0.15, 0.2) is 6.33 Å². The molecule has 1 saturated heterocycles. The van der Waals surface area contributed by atoms with Crippen LogP contribution in [0.5, 0.6) is 0 Å². The number of aromatic nitrogens is 4. The molecule has 1 fully saturated rings. The van der Waals surface area contributed by atoms with Crippen molar-refractivity contribution in [3.63, 3.8) is 0 Å². The molecule has 2 aromatic rings. The lowest BCUT2D eigenvalue weighted by Crippen LogP contribution is -2.35. The van der Waals surface area contributed by atoms with Crippen LogP contribution in [-0.4, -0.2) is 63.3 Å². The summed E-state index contributed by atoms with van der Waals surface area (Å²) in [4.78, 5) is 7.73. The van der Waals surface area contributed by atoms with Crippen LogP contribution in [0.25, 0.3) is 11.0 Å². The molecule has 0 aliphatic carbocycles. The van der Waals surface area contributed by atoms with Crippen molar-refractivity contribution in [2.24, 2.45) is 5.14 Å². The summed E-state index contributed by atoms with van der Waals surface area (Å²) in [7, 11) is -4.25. The molecule has 0 saturated carbocycles. The number of nitrogens with two attached hydrogens (primary N) is 2. The number of anilines is 1. The molecular weight excluding hydrogens is 358 g/mol. The van der Waals surface area contributed by atoms with Crippen LogP contribution in [0, 0.1) is 11.3 Å². The first-order valence-corrected chi connectivity index (χ1v) is 8.27. The van der Waals surface area contributed by atoms with Crippen LogP contribution in [0.3, 0.4) is 0 Å². The molecule has 3 rings (SSSR count). The van der Waals surface area contributed by atoms with E-state index in [0.29, 0.717) is 0 Å². The van der Waals surface area contributed by atoms with E-state index in [4.69, 9.17) is 20.9 Å². The third-order valence-corrected chi connectivity index (χ3v) is 4.06. The number of nitriles is 1. The second kappa shape index (κ2) is 6.15. The zero-order valence-electron chi connectivity index (χ0n) is 12.4. The fourth-order valence-electron chi connectivity index (χ4n) is 2.48. The van der Waals surface area contributed by atoms with Crippen LogP contribution in [0.2, 0.25) is 0 Å². The molecule has 25 heavy (non-hydrogen) atoms. The van der Waals surface area contributed by atoms with E-state index in [9.17, 15) is 18.6 Å². The van der Waals surface area contributed by atoms with Crippen molar-refractivity contribution in [2.75, 3.05) is 12.3 Å². The minimum Gasteiger partial charge on any atom is -0.387 e. The lowest BCUT2D eigenvalue weighted by atomic mass is 10.1. The zero-order chi connectivity index (χ0) is 18.4. The highest BCUT2D eigenvalue weighted by molar-refractivity contribution is 7.84. The number of aliphatic hydroxyl groups is 2. The largest absolute Gasteiger partial charge is 0.387 e. The van der Waals surface area contributed by atoms with Gasteiger partial charge in [0.15, 0.2) is 17.6 Å². The van der Waals surface area contributed by atoms with Crippen molar-refractivity contribution in [3.05, 3.63) is 12.0 Å². The zero-order valence-corrected chi connectivity index (χ0v) is 13.2. The number of nitrogens with zero attached hydrogens (tertiary/aromatic N) is 5. The molecule has 13 nitrogen and oxygen atoms in total. The summed E-state index contributed by atoms with van der Waals surface area (Å²) in [5.41, 5.74) is 5.73. The number of rotatable bonds is 4. The minimum absolute atomic E-state index is 0.00921. The van der Waals surface area contributed by atoms with Gasteiger partial charge in [-0.1, -0.05) is 0 Å². The fraction of sp³-hybridized carbons (Fsp3) is 0.455. The number of aliphatic hydroxyl groups excluding tert-OH is 2. The molecule has 1 aliphatic rings. The summed E-state index contributed by atoms with van der Waals surface area (Å²) >= 11 is 0. The Kier molecular flexibility index (Phi) is 4.28. The number of fused-ring (bicyclic) bond motifs is 1. The van der Waals surface area contributed by atoms with Crippen LogP contribution >= 0.6 is 0 Å². The van der Waals surface area contributed by atoms with E-state index >= 15 is 0 Å². The van der Waals surface area contributed by atoms with Gasteiger partial charge in [-0.15, -0.1) is 0 Å². The van der Waals surface area contributed by atoms with E-state index in [-0.39, 0.29) is 22.5 Å². The number of hydrogen-bond donors (Lipinski definition) is 4. The van der Waals surface area contributed by atoms with Crippen LogP contribution in [0.4, 0.5) is 5.82 Å². The molecule has 4 atom stereocenters. The van der Waals surface area contributed by atoms with Crippen molar-refractivity contribution in [1.29, 1.82) is 5.26 Å². The number of hydrogen-bond acceptors (Lipinski definition) is 11. The predicted molar refractivity (Wildman–Crippen MR) is 79.4 cm³/mol. The van der Waals surface area contributed by atoms with Gasteiger partial charge in [-0.05, 0) is 0 Å². The Morgan fingerprint density at radius 2 is 2.12 bits per heavy atom. The number of ether oxygens (including phenoxy) is 1. The van der Waals surface area contributed by atoms with Crippen molar-refractivity contribution in [3.8, 4) is 6.07 Å². The molecule has 0 bridgehead atoms. The van der Waals surface area contributed by atoms with Gasteiger partial charge in [-0.3, -0.25) is 4.18 Å². The molecule has 0 spiro atoms. The third-order valence-electron chi connectivity index (χ3n) is 3.60. The summed E-state index contributed by atoms with van der Waals surface area (Å²) in [6, 6.07) is 1.82. The van der Waals surface area contributed by atoms with Gasteiger partial charge >= 0.3 is 10.3 Å².